The number of rotatable bonds is 3. The quantitative estimate of drug-likeness (QED) is 0.218. The normalized spacial score (nSPS) is 11.7. The van der Waals surface area contributed by atoms with Crippen LogP contribution in [-0.2, 0) is 0 Å². The molecular formula is C37H20N4O2. The molecular weight excluding hydrogens is 532 g/mol. The summed E-state index contributed by atoms with van der Waals surface area (Å²) in [6, 6.07) is 42.6. The smallest absolute Gasteiger partial charge is 0.227 e. The summed E-state index contributed by atoms with van der Waals surface area (Å²) >= 11 is 0. The van der Waals surface area contributed by atoms with Gasteiger partial charge in [0.1, 0.15) is 11.0 Å². The van der Waals surface area contributed by atoms with Gasteiger partial charge in [-0.3, -0.25) is 0 Å². The van der Waals surface area contributed by atoms with Crippen LogP contribution in [-0.4, -0.2) is 14.5 Å². The molecule has 0 radical (unpaired) electrons. The molecule has 0 spiro atoms. The highest BCUT2D eigenvalue weighted by atomic mass is 16.4. The Hall–Kier alpha value is -6.19. The van der Waals surface area contributed by atoms with Crippen LogP contribution in [0.1, 0.15) is 5.56 Å². The van der Waals surface area contributed by atoms with E-state index < -0.39 is 0 Å². The molecule has 0 fully saturated rings. The van der Waals surface area contributed by atoms with Gasteiger partial charge in [0.2, 0.25) is 11.8 Å². The van der Waals surface area contributed by atoms with Crippen molar-refractivity contribution >= 4 is 54.8 Å². The van der Waals surface area contributed by atoms with Gasteiger partial charge in [-0.1, -0.05) is 36.4 Å². The van der Waals surface area contributed by atoms with Crippen molar-refractivity contribution < 1.29 is 8.83 Å². The highest BCUT2D eigenvalue weighted by molar-refractivity contribution is 6.11. The average Bonchev–Trinajstić information content (AvgIpc) is 3.77. The van der Waals surface area contributed by atoms with E-state index in [0.717, 1.165) is 71.6 Å². The molecule has 0 N–H and O–H groups in total. The van der Waals surface area contributed by atoms with Gasteiger partial charge in [-0.25, -0.2) is 9.97 Å². The second-order valence-electron chi connectivity index (χ2n) is 10.6. The van der Waals surface area contributed by atoms with Gasteiger partial charge in [0, 0.05) is 27.6 Å². The van der Waals surface area contributed by atoms with Crippen molar-refractivity contribution in [3.05, 3.63) is 127 Å². The standard InChI is InChI=1S/C37H20N4O2/c38-21-22-9-10-24-18-27(14-11-23(24)17-22)41-32-15-12-25(36-39-30-5-1-3-7-34(30)42-36)19-28(32)29-20-26(13-16-33(29)41)37-40-31-6-2-4-8-35(31)43-37/h1-20H. The Morgan fingerprint density at radius 1 is 0.558 bits per heavy atom. The molecule has 0 atom stereocenters. The van der Waals surface area contributed by atoms with Gasteiger partial charge >= 0.3 is 0 Å². The number of nitrogens with zero attached hydrogens (tertiary/aromatic N) is 4. The highest BCUT2D eigenvalue weighted by Gasteiger charge is 2.18. The topological polar surface area (TPSA) is 80.8 Å². The van der Waals surface area contributed by atoms with Gasteiger partial charge in [0.05, 0.1) is 22.7 Å². The molecule has 6 nitrogen and oxygen atoms in total. The van der Waals surface area contributed by atoms with Crippen LogP contribution in [0.5, 0.6) is 0 Å². The maximum atomic E-state index is 9.35. The predicted molar refractivity (Wildman–Crippen MR) is 169 cm³/mol. The number of nitriles is 1. The fourth-order valence-electron chi connectivity index (χ4n) is 6.00. The average molecular weight is 553 g/mol. The molecule has 9 aromatic rings. The van der Waals surface area contributed by atoms with Crippen LogP contribution in [0.15, 0.2) is 130 Å². The van der Waals surface area contributed by atoms with Crippen LogP contribution >= 0.6 is 0 Å². The van der Waals surface area contributed by atoms with Gasteiger partial charge in [-0.15, -0.1) is 0 Å². The zero-order chi connectivity index (χ0) is 28.5. The Balaban J connectivity index is 1.29. The first-order valence-corrected chi connectivity index (χ1v) is 14.0. The number of benzene rings is 6. The number of hydrogen-bond donors (Lipinski definition) is 0. The first kappa shape index (κ1) is 23.5. The monoisotopic (exact) mass is 552 g/mol. The van der Waals surface area contributed by atoms with Crippen LogP contribution in [0.4, 0.5) is 0 Å². The molecule has 0 aliphatic heterocycles. The predicted octanol–water partition coefficient (Wildman–Crippen LogP) is 9.42. The van der Waals surface area contributed by atoms with Crippen molar-refractivity contribution in [3.8, 4) is 34.7 Å². The second-order valence-corrected chi connectivity index (χ2v) is 10.6. The van der Waals surface area contributed by atoms with Gasteiger partial charge in [0.15, 0.2) is 11.2 Å². The van der Waals surface area contributed by atoms with E-state index in [9.17, 15) is 5.26 Å². The Labute approximate surface area is 244 Å². The van der Waals surface area contributed by atoms with E-state index >= 15 is 0 Å². The maximum Gasteiger partial charge on any atom is 0.227 e. The number of para-hydroxylation sites is 4. The zero-order valence-corrected chi connectivity index (χ0v) is 22.7. The minimum atomic E-state index is 0.582. The minimum Gasteiger partial charge on any atom is -0.436 e. The Bertz CT molecular complexity index is 2400. The van der Waals surface area contributed by atoms with Gasteiger partial charge in [0.25, 0.3) is 0 Å². The third kappa shape index (κ3) is 3.66. The third-order valence-electron chi connectivity index (χ3n) is 8.06. The fourth-order valence-corrected chi connectivity index (χ4v) is 6.00. The maximum absolute atomic E-state index is 9.35. The fraction of sp³-hybridized carbons (Fsp3) is 0. The molecule has 0 bridgehead atoms. The minimum absolute atomic E-state index is 0.582. The van der Waals surface area contributed by atoms with E-state index in [-0.39, 0.29) is 0 Å². The Kier molecular flexibility index (Phi) is 4.87. The van der Waals surface area contributed by atoms with E-state index in [4.69, 9.17) is 18.8 Å². The third-order valence-corrected chi connectivity index (χ3v) is 8.06. The summed E-state index contributed by atoms with van der Waals surface area (Å²) in [5, 5.41) is 13.6. The second kappa shape index (κ2) is 8.90. The van der Waals surface area contributed by atoms with Crippen molar-refractivity contribution in [2.75, 3.05) is 0 Å². The van der Waals surface area contributed by atoms with E-state index in [2.05, 4.69) is 65.2 Å². The van der Waals surface area contributed by atoms with Crippen molar-refractivity contribution in [1.82, 2.24) is 14.5 Å². The lowest BCUT2D eigenvalue weighted by molar-refractivity contribution is 0.619. The molecule has 0 aliphatic rings. The molecule has 6 aromatic carbocycles. The molecule has 9 rings (SSSR count). The highest BCUT2D eigenvalue weighted by Crippen LogP contribution is 2.38. The van der Waals surface area contributed by atoms with Crippen LogP contribution in [0.25, 0.3) is 83.4 Å². The molecule has 0 aliphatic carbocycles. The van der Waals surface area contributed by atoms with E-state index in [1.54, 1.807) is 0 Å². The summed E-state index contributed by atoms with van der Waals surface area (Å²) in [6.07, 6.45) is 0. The molecule has 3 heterocycles. The summed E-state index contributed by atoms with van der Waals surface area (Å²) in [6.45, 7) is 0. The van der Waals surface area contributed by atoms with Crippen LogP contribution in [0.3, 0.4) is 0 Å². The summed E-state index contributed by atoms with van der Waals surface area (Å²) in [5.41, 5.74) is 8.76. The van der Waals surface area contributed by atoms with E-state index in [0.29, 0.717) is 17.3 Å². The number of hydrogen-bond acceptors (Lipinski definition) is 5. The lowest BCUT2D eigenvalue weighted by Crippen LogP contribution is -1.94. The van der Waals surface area contributed by atoms with E-state index in [1.165, 1.54) is 0 Å². The summed E-state index contributed by atoms with van der Waals surface area (Å²) in [7, 11) is 0. The molecule has 0 saturated heterocycles. The lowest BCUT2D eigenvalue weighted by atomic mass is 10.1. The molecule has 0 unspecified atom stereocenters. The van der Waals surface area contributed by atoms with Crippen molar-refractivity contribution in [2.45, 2.75) is 0 Å². The zero-order valence-electron chi connectivity index (χ0n) is 22.7. The first-order chi connectivity index (χ1) is 21.2. The van der Waals surface area contributed by atoms with Crippen molar-refractivity contribution in [3.63, 3.8) is 0 Å². The van der Waals surface area contributed by atoms with Crippen LogP contribution in [0.2, 0.25) is 0 Å². The van der Waals surface area contributed by atoms with Gasteiger partial charge in [-0.05, 0) is 95.7 Å². The largest absolute Gasteiger partial charge is 0.436 e. The summed E-state index contributed by atoms with van der Waals surface area (Å²) < 4.78 is 14.5. The first-order valence-electron chi connectivity index (χ1n) is 14.0. The Morgan fingerprint density at radius 3 is 1.70 bits per heavy atom. The van der Waals surface area contributed by atoms with Crippen LogP contribution < -0.4 is 0 Å². The lowest BCUT2D eigenvalue weighted by Gasteiger charge is -2.10. The van der Waals surface area contributed by atoms with Crippen molar-refractivity contribution in [2.24, 2.45) is 0 Å². The molecule has 3 aromatic heterocycles. The number of fused-ring (bicyclic) bond motifs is 6. The van der Waals surface area contributed by atoms with Gasteiger partial charge in [-0.2, -0.15) is 5.26 Å². The summed E-state index contributed by atoms with van der Waals surface area (Å²) in [4.78, 5) is 9.50. The summed E-state index contributed by atoms with van der Waals surface area (Å²) in [5.74, 6) is 1.16. The number of aromatic nitrogens is 3. The SMILES string of the molecule is N#Cc1ccc2cc(-n3c4ccc(-c5nc6ccccc6o5)cc4c4cc(-c5nc6ccccc6o5)ccc43)ccc2c1. The van der Waals surface area contributed by atoms with Crippen LogP contribution in [0, 0.1) is 11.3 Å². The molecule has 0 amide bonds. The van der Waals surface area contributed by atoms with E-state index in [1.807, 2.05) is 66.7 Å². The molecule has 6 heteroatoms. The number of oxazole rings is 2. The van der Waals surface area contributed by atoms with Crippen molar-refractivity contribution in [1.29, 1.82) is 5.26 Å². The Morgan fingerprint density at radius 2 is 1.12 bits per heavy atom. The van der Waals surface area contributed by atoms with Gasteiger partial charge < -0.3 is 13.4 Å². The molecule has 43 heavy (non-hydrogen) atoms. The molecule has 200 valence electrons. The molecule has 0 saturated carbocycles.